The Balaban J connectivity index is 2.34. The summed E-state index contributed by atoms with van der Waals surface area (Å²) < 4.78 is 25.9. The molecule has 152 valence electrons. The van der Waals surface area contributed by atoms with Gasteiger partial charge in [0, 0.05) is 5.02 Å². The molecule has 0 saturated carbocycles. The third-order valence-corrected chi connectivity index (χ3v) is 6.28. The largest absolute Gasteiger partial charge is 0.348 e. The SMILES string of the molecule is Cc1ccc(C)c([C@H](C)NC(=O)[C@@H](C)N(c2cc(Cl)ccc2Cl)S(C)(=O)=O)c1. The second kappa shape index (κ2) is 8.72. The van der Waals surface area contributed by atoms with Crippen LogP contribution in [0, 0.1) is 13.8 Å². The van der Waals surface area contributed by atoms with Crippen molar-refractivity contribution in [2.75, 3.05) is 10.6 Å². The van der Waals surface area contributed by atoms with Crippen LogP contribution in [0.1, 0.15) is 36.6 Å². The molecular formula is C20H24Cl2N2O3S. The van der Waals surface area contributed by atoms with E-state index in [2.05, 4.69) is 5.32 Å². The molecule has 0 bridgehead atoms. The molecule has 0 unspecified atom stereocenters. The van der Waals surface area contributed by atoms with E-state index in [0.29, 0.717) is 5.02 Å². The molecule has 1 N–H and O–H groups in total. The van der Waals surface area contributed by atoms with Crippen molar-refractivity contribution in [3.8, 4) is 0 Å². The zero-order valence-electron chi connectivity index (χ0n) is 16.5. The van der Waals surface area contributed by atoms with Gasteiger partial charge in [-0.05, 0) is 57.0 Å². The van der Waals surface area contributed by atoms with Gasteiger partial charge in [-0.25, -0.2) is 8.42 Å². The van der Waals surface area contributed by atoms with E-state index in [4.69, 9.17) is 23.2 Å². The van der Waals surface area contributed by atoms with E-state index in [1.165, 1.54) is 19.1 Å². The predicted molar refractivity (Wildman–Crippen MR) is 116 cm³/mol. The van der Waals surface area contributed by atoms with Gasteiger partial charge in [-0.3, -0.25) is 9.10 Å². The van der Waals surface area contributed by atoms with E-state index < -0.39 is 22.0 Å². The van der Waals surface area contributed by atoms with Crippen molar-refractivity contribution in [2.24, 2.45) is 0 Å². The highest BCUT2D eigenvalue weighted by Crippen LogP contribution is 2.32. The van der Waals surface area contributed by atoms with Crippen LogP contribution in [-0.2, 0) is 14.8 Å². The molecule has 28 heavy (non-hydrogen) atoms. The van der Waals surface area contributed by atoms with E-state index in [-0.39, 0.29) is 16.8 Å². The third kappa shape index (κ3) is 5.19. The molecule has 0 fully saturated rings. The highest BCUT2D eigenvalue weighted by Gasteiger charge is 2.31. The van der Waals surface area contributed by atoms with E-state index in [1.54, 1.807) is 6.07 Å². The number of sulfonamides is 1. The van der Waals surface area contributed by atoms with Crippen molar-refractivity contribution in [3.63, 3.8) is 0 Å². The summed E-state index contributed by atoms with van der Waals surface area (Å²) in [4.78, 5) is 12.9. The Kier molecular flexibility index (Phi) is 7.02. The van der Waals surface area contributed by atoms with E-state index in [1.807, 2.05) is 39.0 Å². The number of carbonyl (C=O) groups excluding carboxylic acids is 1. The second-order valence-electron chi connectivity index (χ2n) is 6.92. The molecule has 2 aromatic carbocycles. The number of halogens is 2. The molecule has 0 heterocycles. The van der Waals surface area contributed by atoms with Gasteiger partial charge in [-0.2, -0.15) is 0 Å². The van der Waals surface area contributed by atoms with Gasteiger partial charge in [-0.15, -0.1) is 0 Å². The number of nitrogens with one attached hydrogen (secondary N) is 1. The monoisotopic (exact) mass is 442 g/mol. The minimum absolute atomic E-state index is 0.165. The lowest BCUT2D eigenvalue weighted by atomic mass is 10.00. The molecule has 0 saturated heterocycles. The summed E-state index contributed by atoms with van der Waals surface area (Å²) >= 11 is 12.2. The minimum atomic E-state index is -3.79. The third-order valence-electron chi connectivity index (χ3n) is 4.49. The summed E-state index contributed by atoms with van der Waals surface area (Å²) in [5.74, 6) is -0.435. The number of amides is 1. The summed E-state index contributed by atoms with van der Waals surface area (Å²) in [5, 5.41) is 3.41. The van der Waals surface area contributed by atoms with Crippen LogP contribution >= 0.6 is 23.2 Å². The minimum Gasteiger partial charge on any atom is -0.348 e. The normalized spacial score (nSPS) is 13.7. The topological polar surface area (TPSA) is 66.5 Å². The maximum absolute atomic E-state index is 12.9. The first-order chi connectivity index (χ1) is 12.9. The molecule has 0 radical (unpaired) electrons. The molecule has 2 atom stereocenters. The van der Waals surface area contributed by atoms with Crippen LogP contribution < -0.4 is 9.62 Å². The Labute approximate surface area is 176 Å². The summed E-state index contributed by atoms with van der Waals surface area (Å²) in [6.45, 7) is 7.33. The van der Waals surface area contributed by atoms with Crippen molar-refractivity contribution in [2.45, 2.75) is 39.8 Å². The van der Waals surface area contributed by atoms with Crippen LogP contribution in [0.3, 0.4) is 0 Å². The first kappa shape index (κ1) is 22.5. The Hall–Kier alpha value is -1.76. The van der Waals surface area contributed by atoms with Gasteiger partial charge in [-0.1, -0.05) is 47.0 Å². The maximum Gasteiger partial charge on any atom is 0.244 e. The lowest BCUT2D eigenvalue weighted by Crippen LogP contribution is -2.48. The van der Waals surface area contributed by atoms with Gasteiger partial charge in [0.15, 0.2) is 0 Å². The average Bonchev–Trinajstić information content (AvgIpc) is 2.58. The molecule has 2 rings (SSSR count). The molecule has 5 nitrogen and oxygen atoms in total. The Bertz CT molecular complexity index is 993. The number of nitrogens with zero attached hydrogens (tertiary/aromatic N) is 1. The van der Waals surface area contributed by atoms with Crippen molar-refractivity contribution in [1.29, 1.82) is 0 Å². The highest BCUT2D eigenvalue weighted by molar-refractivity contribution is 7.92. The molecule has 0 aliphatic heterocycles. The number of hydrogen-bond donors (Lipinski definition) is 1. The van der Waals surface area contributed by atoms with Crippen molar-refractivity contribution >= 4 is 44.8 Å². The van der Waals surface area contributed by atoms with Crippen molar-refractivity contribution in [3.05, 3.63) is 63.1 Å². The zero-order chi connectivity index (χ0) is 21.2. The zero-order valence-corrected chi connectivity index (χ0v) is 18.8. The van der Waals surface area contributed by atoms with E-state index in [9.17, 15) is 13.2 Å². The molecule has 2 aromatic rings. The standard InChI is InChI=1S/C20H24Cl2N2O3S/c1-12-6-7-13(2)17(10-12)14(3)23-20(25)15(4)24(28(5,26)27)19-11-16(21)8-9-18(19)22/h6-11,14-15H,1-5H3,(H,23,25)/t14-,15+/m0/s1. The molecule has 8 heteroatoms. The second-order valence-corrected chi connectivity index (χ2v) is 9.62. The summed E-state index contributed by atoms with van der Waals surface area (Å²) in [6.07, 6.45) is 1.03. The highest BCUT2D eigenvalue weighted by atomic mass is 35.5. The van der Waals surface area contributed by atoms with Crippen LogP contribution in [-0.4, -0.2) is 26.6 Å². The first-order valence-corrected chi connectivity index (χ1v) is 11.3. The van der Waals surface area contributed by atoms with Gasteiger partial charge >= 0.3 is 0 Å². The van der Waals surface area contributed by atoms with Crippen LogP contribution in [0.4, 0.5) is 5.69 Å². The van der Waals surface area contributed by atoms with Gasteiger partial charge in [0.1, 0.15) is 6.04 Å². The lowest BCUT2D eigenvalue weighted by molar-refractivity contribution is -0.122. The van der Waals surface area contributed by atoms with Gasteiger partial charge < -0.3 is 5.32 Å². The van der Waals surface area contributed by atoms with Crippen LogP contribution in [0.2, 0.25) is 10.0 Å². The van der Waals surface area contributed by atoms with Gasteiger partial charge in [0.2, 0.25) is 15.9 Å². The molecular weight excluding hydrogens is 419 g/mol. The molecule has 0 aliphatic carbocycles. The van der Waals surface area contributed by atoms with E-state index in [0.717, 1.165) is 27.3 Å². The number of carbonyl (C=O) groups is 1. The Morgan fingerprint density at radius 2 is 1.71 bits per heavy atom. The van der Waals surface area contributed by atoms with Gasteiger partial charge in [0.25, 0.3) is 0 Å². The van der Waals surface area contributed by atoms with Crippen molar-refractivity contribution < 1.29 is 13.2 Å². The number of rotatable bonds is 6. The quantitative estimate of drug-likeness (QED) is 0.707. The van der Waals surface area contributed by atoms with E-state index >= 15 is 0 Å². The first-order valence-electron chi connectivity index (χ1n) is 8.73. The molecule has 0 aliphatic rings. The molecule has 0 aromatic heterocycles. The molecule has 0 spiro atoms. The lowest BCUT2D eigenvalue weighted by Gasteiger charge is -2.30. The Morgan fingerprint density at radius 1 is 1.07 bits per heavy atom. The number of aryl methyl sites for hydroxylation is 2. The summed E-state index contributed by atoms with van der Waals surface area (Å²) in [7, 11) is -3.79. The van der Waals surface area contributed by atoms with Crippen LogP contribution in [0.5, 0.6) is 0 Å². The maximum atomic E-state index is 12.9. The fourth-order valence-electron chi connectivity index (χ4n) is 3.07. The summed E-state index contributed by atoms with van der Waals surface area (Å²) in [5.41, 5.74) is 3.27. The van der Waals surface area contributed by atoms with Crippen LogP contribution in [0.25, 0.3) is 0 Å². The summed E-state index contributed by atoms with van der Waals surface area (Å²) in [6, 6.07) is 9.19. The molecule has 1 amide bonds. The number of anilines is 1. The fourth-order valence-corrected chi connectivity index (χ4v) is 4.68. The predicted octanol–water partition coefficient (Wildman–Crippen LogP) is 4.64. The van der Waals surface area contributed by atoms with Gasteiger partial charge in [0.05, 0.1) is 23.0 Å². The number of benzene rings is 2. The number of hydrogen-bond acceptors (Lipinski definition) is 3. The average molecular weight is 443 g/mol. The Morgan fingerprint density at radius 3 is 2.32 bits per heavy atom. The fraction of sp³-hybridized carbons (Fsp3) is 0.350. The van der Waals surface area contributed by atoms with Crippen LogP contribution in [0.15, 0.2) is 36.4 Å². The van der Waals surface area contributed by atoms with Crippen molar-refractivity contribution in [1.82, 2.24) is 5.32 Å². The smallest absolute Gasteiger partial charge is 0.244 e.